The van der Waals surface area contributed by atoms with Crippen LogP contribution >= 0.6 is 0 Å². The summed E-state index contributed by atoms with van der Waals surface area (Å²) in [5.41, 5.74) is 0.570. The number of carbonyl (C=O) groups is 2. The molecule has 2 heterocycles. The molecule has 3 atom stereocenters. The molecule has 0 radical (unpaired) electrons. The zero-order chi connectivity index (χ0) is 15.2. The number of fused-ring (bicyclic) bond motifs is 3. The van der Waals surface area contributed by atoms with Crippen LogP contribution in [0.5, 0.6) is 0 Å². The lowest BCUT2D eigenvalue weighted by molar-refractivity contribution is -0.142. The van der Waals surface area contributed by atoms with E-state index in [1.54, 1.807) is 12.1 Å². The van der Waals surface area contributed by atoms with Crippen LogP contribution in [0.25, 0.3) is 0 Å². The van der Waals surface area contributed by atoms with Crippen molar-refractivity contribution in [3.63, 3.8) is 0 Å². The van der Waals surface area contributed by atoms with Crippen LogP contribution in [0, 0.1) is 17.2 Å². The van der Waals surface area contributed by atoms with Gasteiger partial charge in [-0.25, -0.2) is 9.69 Å². The quantitative estimate of drug-likeness (QED) is 0.737. The van der Waals surface area contributed by atoms with E-state index in [0.717, 1.165) is 5.56 Å². The number of esters is 1. The van der Waals surface area contributed by atoms with Crippen LogP contribution in [0.3, 0.4) is 0 Å². The molecule has 2 aliphatic rings. The van der Waals surface area contributed by atoms with Gasteiger partial charge in [-0.3, -0.25) is 4.79 Å². The van der Waals surface area contributed by atoms with Gasteiger partial charge in [0.1, 0.15) is 0 Å². The Bertz CT molecular complexity index is 666. The maximum atomic E-state index is 12.1. The first-order chi connectivity index (χ1) is 10.1. The Kier molecular flexibility index (Phi) is 2.87. The molecule has 0 bridgehead atoms. The minimum Gasteiger partial charge on any atom is -0.452 e. The zero-order valence-corrected chi connectivity index (χ0v) is 11.7. The van der Waals surface area contributed by atoms with Gasteiger partial charge >= 0.3 is 12.1 Å². The summed E-state index contributed by atoms with van der Waals surface area (Å²) in [6, 6.07) is 9.26. The Morgan fingerprint density at radius 2 is 2.24 bits per heavy atom. The molecule has 3 unspecified atom stereocenters. The second-order valence-corrected chi connectivity index (χ2v) is 5.10. The molecule has 1 amide bonds. The van der Waals surface area contributed by atoms with Crippen LogP contribution in [0.2, 0.25) is 0 Å². The monoisotopic (exact) mass is 286 g/mol. The highest BCUT2D eigenvalue weighted by Gasteiger charge is 2.66. The van der Waals surface area contributed by atoms with Gasteiger partial charge in [0.05, 0.1) is 24.3 Å². The fourth-order valence-electron chi connectivity index (χ4n) is 3.44. The highest BCUT2D eigenvalue weighted by Crippen LogP contribution is 2.55. The van der Waals surface area contributed by atoms with E-state index in [0.29, 0.717) is 12.1 Å². The van der Waals surface area contributed by atoms with E-state index in [4.69, 9.17) is 9.47 Å². The van der Waals surface area contributed by atoms with Crippen molar-refractivity contribution in [2.45, 2.75) is 25.0 Å². The first-order valence-corrected chi connectivity index (χ1v) is 6.68. The summed E-state index contributed by atoms with van der Waals surface area (Å²) in [7, 11) is 1.27. The van der Waals surface area contributed by atoms with Gasteiger partial charge in [-0.2, -0.15) is 5.26 Å². The smallest absolute Gasteiger partial charge is 0.417 e. The molecule has 1 aromatic carbocycles. The number of ether oxygens (including phenoxy) is 2. The number of nitriles is 1. The van der Waals surface area contributed by atoms with E-state index < -0.39 is 29.6 Å². The standard InChI is InChI=1S/C15H14N2O4/c1-3-15-9-6-4-5-7-11(9)17(14(19)20-2)13(15)21-12(18)10(15)8-16/h4-7,10,13H,3H2,1-2H3. The van der Waals surface area contributed by atoms with Crippen LogP contribution in [0.15, 0.2) is 24.3 Å². The maximum Gasteiger partial charge on any atom is 0.417 e. The van der Waals surface area contributed by atoms with Crippen LogP contribution < -0.4 is 4.90 Å². The van der Waals surface area contributed by atoms with E-state index in [-0.39, 0.29) is 0 Å². The highest BCUT2D eigenvalue weighted by atomic mass is 16.6. The van der Waals surface area contributed by atoms with Gasteiger partial charge in [0.25, 0.3) is 0 Å². The molecule has 0 aromatic heterocycles. The largest absolute Gasteiger partial charge is 0.452 e. The summed E-state index contributed by atoms with van der Waals surface area (Å²) in [5.74, 6) is -1.52. The van der Waals surface area contributed by atoms with Crippen LogP contribution in [-0.4, -0.2) is 25.4 Å². The molecule has 0 saturated carbocycles. The molecular weight excluding hydrogens is 272 g/mol. The molecule has 2 aliphatic heterocycles. The number of amides is 1. The Morgan fingerprint density at radius 3 is 2.86 bits per heavy atom. The average Bonchev–Trinajstić information content (AvgIpc) is 2.94. The first-order valence-electron chi connectivity index (χ1n) is 6.68. The van der Waals surface area contributed by atoms with Gasteiger partial charge in [-0.05, 0) is 18.1 Å². The number of rotatable bonds is 1. The van der Waals surface area contributed by atoms with E-state index in [9.17, 15) is 14.9 Å². The normalized spacial score (nSPS) is 29.4. The fraction of sp³-hybridized carbons (Fsp3) is 0.400. The minimum atomic E-state index is -0.927. The minimum absolute atomic E-state index is 0.506. The number of para-hydroxylation sites is 1. The molecule has 6 heteroatoms. The van der Waals surface area contributed by atoms with Gasteiger partial charge < -0.3 is 9.47 Å². The van der Waals surface area contributed by atoms with Crippen molar-refractivity contribution >= 4 is 17.7 Å². The third-order valence-corrected chi connectivity index (χ3v) is 4.40. The van der Waals surface area contributed by atoms with Crippen molar-refractivity contribution in [1.29, 1.82) is 5.26 Å². The van der Waals surface area contributed by atoms with Gasteiger partial charge in [0, 0.05) is 0 Å². The summed E-state index contributed by atoms with van der Waals surface area (Å²) in [4.78, 5) is 25.5. The summed E-state index contributed by atoms with van der Waals surface area (Å²) < 4.78 is 10.2. The number of hydrogen-bond donors (Lipinski definition) is 0. The molecular formula is C15H14N2O4. The Labute approximate surface area is 121 Å². The molecule has 1 aromatic rings. The number of methoxy groups -OCH3 is 1. The van der Waals surface area contributed by atoms with Crippen LogP contribution in [-0.2, 0) is 19.7 Å². The van der Waals surface area contributed by atoms with Gasteiger partial charge in [-0.15, -0.1) is 0 Å². The lowest BCUT2D eigenvalue weighted by atomic mass is 9.70. The third-order valence-electron chi connectivity index (χ3n) is 4.40. The molecule has 6 nitrogen and oxygen atoms in total. The third kappa shape index (κ3) is 1.46. The summed E-state index contributed by atoms with van der Waals surface area (Å²) >= 11 is 0. The topological polar surface area (TPSA) is 79.6 Å². The van der Waals surface area contributed by atoms with Crippen molar-refractivity contribution < 1.29 is 19.1 Å². The van der Waals surface area contributed by atoms with Gasteiger partial charge in [-0.1, -0.05) is 25.1 Å². The van der Waals surface area contributed by atoms with E-state index in [1.165, 1.54) is 12.0 Å². The van der Waals surface area contributed by atoms with Crippen molar-refractivity contribution in [2.75, 3.05) is 12.0 Å². The Balaban J connectivity index is 2.26. The Hall–Kier alpha value is -2.55. The van der Waals surface area contributed by atoms with E-state index in [2.05, 4.69) is 0 Å². The number of carbonyl (C=O) groups excluding carboxylic acids is 2. The number of nitrogens with zero attached hydrogens (tertiary/aromatic N) is 2. The summed E-state index contributed by atoms with van der Waals surface area (Å²) in [6.07, 6.45) is -0.926. The molecule has 1 saturated heterocycles. The van der Waals surface area contributed by atoms with E-state index in [1.807, 2.05) is 25.1 Å². The predicted octanol–water partition coefficient (Wildman–Crippen LogP) is 1.94. The average molecular weight is 286 g/mol. The summed E-state index contributed by atoms with van der Waals surface area (Å²) in [5, 5.41) is 9.40. The molecule has 0 aliphatic carbocycles. The predicted molar refractivity (Wildman–Crippen MR) is 72.3 cm³/mol. The molecule has 21 heavy (non-hydrogen) atoms. The molecule has 0 N–H and O–H groups in total. The first kappa shape index (κ1) is 13.4. The molecule has 108 valence electrons. The number of hydrogen-bond acceptors (Lipinski definition) is 5. The van der Waals surface area contributed by atoms with Crippen molar-refractivity contribution in [3.8, 4) is 6.07 Å². The lowest BCUT2D eigenvalue weighted by Gasteiger charge is -2.29. The SMILES string of the molecule is CCC12c3ccccc3N(C(=O)OC)C1OC(=O)C2C#N. The second-order valence-electron chi connectivity index (χ2n) is 5.10. The highest BCUT2D eigenvalue weighted by molar-refractivity contribution is 5.96. The van der Waals surface area contributed by atoms with Gasteiger partial charge in [0.2, 0.25) is 0 Å². The van der Waals surface area contributed by atoms with Crippen molar-refractivity contribution in [2.24, 2.45) is 5.92 Å². The fourth-order valence-corrected chi connectivity index (χ4v) is 3.44. The van der Waals surface area contributed by atoms with Crippen LogP contribution in [0.1, 0.15) is 18.9 Å². The number of anilines is 1. The van der Waals surface area contributed by atoms with E-state index >= 15 is 0 Å². The Morgan fingerprint density at radius 1 is 1.52 bits per heavy atom. The summed E-state index contributed by atoms with van der Waals surface area (Å²) in [6.45, 7) is 1.89. The number of benzene rings is 1. The zero-order valence-electron chi connectivity index (χ0n) is 11.7. The molecule has 3 rings (SSSR count). The van der Waals surface area contributed by atoms with Crippen LogP contribution in [0.4, 0.5) is 10.5 Å². The van der Waals surface area contributed by atoms with Crippen molar-refractivity contribution in [1.82, 2.24) is 0 Å². The molecule has 0 spiro atoms. The van der Waals surface area contributed by atoms with Gasteiger partial charge in [0.15, 0.2) is 12.1 Å². The maximum absolute atomic E-state index is 12.1. The lowest BCUT2D eigenvalue weighted by Crippen LogP contribution is -2.46. The molecule has 1 fully saturated rings. The van der Waals surface area contributed by atoms with Crippen molar-refractivity contribution in [3.05, 3.63) is 29.8 Å². The second kappa shape index (κ2) is 4.48.